The van der Waals surface area contributed by atoms with Crippen LogP contribution < -0.4 is 16.0 Å². The number of nitrogens with zero attached hydrogens (tertiary/aromatic N) is 1. The van der Waals surface area contributed by atoms with Crippen molar-refractivity contribution in [2.24, 2.45) is 5.73 Å². The van der Waals surface area contributed by atoms with Crippen LogP contribution in [0.4, 0.5) is 5.69 Å². The Morgan fingerprint density at radius 3 is 2.47 bits per heavy atom. The van der Waals surface area contributed by atoms with E-state index in [0.29, 0.717) is 19.5 Å². The quantitative estimate of drug-likeness (QED) is 0.763. The first kappa shape index (κ1) is 15.5. The Kier molecular flexibility index (Phi) is 6.32. The van der Waals surface area contributed by atoms with Crippen LogP contribution in [0.15, 0.2) is 24.3 Å². The molecule has 0 aliphatic rings. The molecule has 0 aromatic heterocycles. The summed E-state index contributed by atoms with van der Waals surface area (Å²) in [5.74, 6) is -0.0472. The van der Waals surface area contributed by atoms with E-state index in [-0.39, 0.29) is 12.0 Å². The summed E-state index contributed by atoms with van der Waals surface area (Å²) in [4.78, 5) is 13.7. The van der Waals surface area contributed by atoms with Crippen LogP contribution in [-0.4, -0.2) is 39.8 Å². The Balaban J connectivity index is 2.41. The Labute approximate surface area is 114 Å². The molecule has 3 N–H and O–H groups in total. The van der Waals surface area contributed by atoms with E-state index in [9.17, 15) is 4.79 Å². The number of benzene rings is 1. The van der Waals surface area contributed by atoms with Gasteiger partial charge in [-0.25, -0.2) is 0 Å². The number of nitrogens with two attached hydrogens (primary N) is 1. The van der Waals surface area contributed by atoms with Gasteiger partial charge in [0.05, 0.1) is 12.5 Å². The van der Waals surface area contributed by atoms with Crippen molar-refractivity contribution in [2.75, 3.05) is 32.6 Å². The number of hydrogen-bond donors (Lipinski definition) is 2. The number of carbonyl (C=O) groups excluding carboxylic acids is 1. The minimum absolute atomic E-state index is 0.0472. The van der Waals surface area contributed by atoms with Crippen LogP contribution in [0.3, 0.4) is 0 Å². The molecule has 1 unspecified atom stereocenters. The number of carbonyl (C=O) groups is 1. The first-order chi connectivity index (χ1) is 9.06. The Hall–Kier alpha value is -1.59. The topological polar surface area (TPSA) is 67.6 Å². The molecule has 0 aliphatic carbocycles. The maximum atomic E-state index is 11.7. The molecule has 0 spiro atoms. The van der Waals surface area contributed by atoms with Gasteiger partial charge in [-0.15, -0.1) is 0 Å². The predicted molar refractivity (Wildman–Crippen MR) is 77.1 cm³/mol. The van der Waals surface area contributed by atoms with Gasteiger partial charge in [0.25, 0.3) is 0 Å². The monoisotopic (exact) mass is 265 g/mol. The summed E-state index contributed by atoms with van der Waals surface area (Å²) >= 11 is 0. The van der Waals surface area contributed by atoms with Gasteiger partial charge < -0.3 is 20.7 Å². The van der Waals surface area contributed by atoms with Gasteiger partial charge in [-0.3, -0.25) is 4.79 Å². The van der Waals surface area contributed by atoms with Crippen LogP contribution in [-0.2, 0) is 16.1 Å². The normalized spacial score (nSPS) is 12.0. The summed E-state index contributed by atoms with van der Waals surface area (Å²) in [5, 5.41) is 2.86. The molecule has 0 bridgehead atoms. The Morgan fingerprint density at radius 2 is 2.00 bits per heavy atom. The third-order valence-electron chi connectivity index (χ3n) is 2.95. The molecule has 0 saturated carbocycles. The fourth-order valence-corrected chi connectivity index (χ4v) is 1.65. The standard InChI is InChI=1S/C14H23N3O2/c1-17(2)12-6-4-11(5-7-12)10-16-14(18)8-13(9-15)19-3/h4-7,13H,8-10,15H2,1-3H3,(H,16,18). The van der Waals surface area contributed by atoms with Crippen LogP contribution in [0, 0.1) is 0 Å². The predicted octanol–water partition coefficient (Wildman–Crippen LogP) is 0.733. The van der Waals surface area contributed by atoms with E-state index in [0.717, 1.165) is 11.3 Å². The number of amides is 1. The molecule has 19 heavy (non-hydrogen) atoms. The van der Waals surface area contributed by atoms with Crippen molar-refractivity contribution in [3.63, 3.8) is 0 Å². The second kappa shape index (κ2) is 7.76. The maximum Gasteiger partial charge on any atom is 0.222 e. The zero-order chi connectivity index (χ0) is 14.3. The number of rotatable bonds is 7. The average molecular weight is 265 g/mol. The van der Waals surface area contributed by atoms with E-state index in [1.54, 1.807) is 7.11 Å². The SMILES string of the molecule is COC(CN)CC(=O)NCc1ccc(N(C)C)cc1. The van der Waals surface area contributed by atoms with E-state index >= 15 is 0 Å². The molecule has 1 aromatic carbocycles. The second-order valence-corrected chi connectivity index (χ2v) is 4.64. The highest BCUT2D eigenvalue weighted by Crippen LogP contribution is 2.12. The Bertz CT molecular complexity index is 386. The number of ether oxygens (including phenoxy) is 1. The zero-order valence-corrected chi connectivity index (χ0v) is 11.8. The van der Waals surface area contributed by atoms with Crippen LogP contribution >= 0.6 is 0 Å². The first-order valence-electron chi connectivity index (χ1n) is 6.32. The summed E-state index contributed by atoms with van der Waals surface area (Å²) in [6.07, 6.45) is 0.0825. The van der Waals surface area contributed by atoms with Crippen LogP contribution in [0.25, 0.3) is 0 Å². The zero-order valence-electron chi connectivity index (χ0n) is 11.8. The molecular formula is C14H23N3O2. The van der Waals surface area contributed by atoms with Gasteiger partial charge in [0.2, 0.25) is 5.91 Å². The van der Waals surface area contributed by atoms with Gasteiger partial charge in [-0.2, -0.15) is 0 Å². The number of hydrogen-bond acceptors (Lipinski definition) is 4. The smallest absolute Gasteiger partial charge is 0.222 e. The van der Waals surface area contributed by atoms with Gasteiger partial charge >= 0.3 is 0 Å². The minimum Gasteiger partial charge on any atom is -0.380 e. The molecule has 1 amide bonds. The van der Waals surface area contributed by atoms with Crippen LogP contribution in [0.2, 0.25) is 0 Å². The average Bonchev–Trinajstić information content (AvgIpc) is 2.43. The molecule has 5 heteroatoms. The van der Waals surface area contributed by atoms with Crippen molar-refractivity contribution >= 4 is 11.6 Å². The molecule has 0 heterocycles. The van der Waals surface area contributed by atoms with Gasteiger partial charge in [0, 0.05) is 40.0 Å². The van der Waals surface area contributed by atoms with Gasteiger partial charge in [-0.05, 0) is 17.7 Å². The lowest BCUT2D eigenvalue weighted by Gasteiger charge is -2.14. The molecule has 0 saturated heterocycles. The summed E-state index contributed by atoms with van der Waals surface area (Å²) in [5.41, 5.74) is 7.68. The minimum atomic E-state index is -0.212. The highest BCUT2D eigenvalue weighted by atomic mass is 16.5. The van der Waals surface area contributed by atoms with Crippen molar-refractivity contribution < 1.29 is 9.53 Å². The lowest BCUT2D eigenvalue weighted by Crippen LogP contribution is -2.31. The van der Waals surface area contributed by atoms with Crippen LogP contribution in [0.5, 0.6) is 0 Å². The lowest BCUT2D eigenvalue weighted by atomic mass is 10.2. The van der Waals surface area contributed by atoms with E-state index < -0.39 is 0 Å². The number of anilines is 1. The van der Waals surface area contributed by atoms with Crippen molar-refractivity contribution in [1.29, 1.82) is 0 Å². The maximum absolute atomic E-state index is 11.7. The highest BCUT2D eigenvalue weighted by molar-refractivity contribution is 5.76. The lowest BCUT2D eigenvalue weighted by molar-refractivity contribution is -0.123. The van der Waals surface area contributed by atoms with Crippen molar-refractivity contribution in [3.8, 4) is 0 Å². The van der Waals surface area contributed by atoms with E-state index in [1.165, 1.54) is 0 Å². The molecule has 1 rings (SSSR count). The molecule has 5 nitrogen and oxygen atoms in total. The summed E-state index contributed by atoms with van der Waals surface area (Å²) < 4.78 is 5.07. The van der Waals surface area contributed by atoms with Gasteiger partial charge in [-0.1, -0.05) is 12.1 Å². The van der Waals surface area contributed by atoms with E-state index in [2.05, 4.69) is 5.32 Å². The second-order valence-electron chi connectivity index (χ2n) is 4.64. The molecule has 0 fully saturated rings. The molecule has 0 radical (unpaired) electrons. The van der Waals surface area contributed by atoms with E-state index in [4.69, 9.17) is 10.5 Å². The number of methoxy groups -OCH3 is 1. The summed E-state index contributed by atoms with van der Waals surface area (Å²) in [6, 6.07) is 8.07. The van der Waals surface area contributed by atoms with Gasteiger partial charge in [0.1, 0.15) is 0 Å². The van der Waals surface area contributed by atoms with Crippen molar-refractivity contribution in [2.45, 2.75) is 19.1 Å². The first-order valence-corrected chi connectivity index (χ1v) is 6.32. The fourth-order valence-electron chi connectivity index (χ4n) is 1.65. The molecule has 0 aliphatic heterocycles. The fraction of sp³-hybridized carbons (Fsp3) is 0.500. The third-order valence-corrected chi connectivity index (χ3v) is 2.95. The summed E-state index contributed by atoms with van der Waals surface area (Å²) in [7, 11) is 5.55. The highest BCUT2D eigenvalue weighted by Gasteiger charge is 2.10. The largest absolute Gasteiger partial charge is 0.380 e. The van der Waals surface area contributed by atoms with Crippen molar-refractivity contribution in [1.82, 2.24) is 5.32 Å². The number of nitrogens with one attached hydrogen (secondary N) is 1. The van der Waals surface area contributed by atoms with E-state index in [1.807, 2.05) is 43.3 Å². The van der Waals surface area contributed by atoms with Crippen LogP contribution in [0.1, 0.15) is 12.0 Å². The third kappa shape index (κ3) is 5.28. The molecule has 1 aromatic rings. The molecule has 1 atom stereocenters. The molecular weight excluding hydrogens is 242 g/mol. The Morgan fingerprint density at radius 1 is 1.37 bits per heavy atom. The van der Waals surface area contributed by atoms with Gasteiger partial charge in [0.15, 0.2) is 0 Å². The van der Waals surface area contributed by atoms with Crippen molar-refractivity contribution in [3.05, 3.63) is 29.8 Å². The molecule has 106 valence electrons. The summed E-state index contributed by atoms with van der Waals surface area (Å²) in [6.45, 7) is 0.870.